The van der Waals surface area contributed by atoms with E-state index in [0.29, 0.717) is 5.56 Å². The third-order valence-electron chi connectivity index (χ3n) is 2.69. The summed E-state index contributed by atoms with van der Waals surface area (Å²) in [6.45, 7) is 0. The average Bonchev–Trinajstić information content (AvgIpc) is 2.76. The lowest BCUT2D eigenvalue weighted by Gasteiger charge is -2.03. The lowest BCUT2D eigenvalue weighted by Crippen LogP contribution is -2.11. The fourth-order valence-corrected chi connectivity index (χ4v) is 1.97. The molecule has 4 nitrogen and oxygen atoms in total. The van der Waals surface area contributed by atoms with Gasteiger partial charge in [-0.25, -0.2) is 0 Å². The Morgan fingerprint density at radius 3 is 3.00 bits per heavy atom. The molecule has 0 aliphatic heterocycles. The normalized spacial score (nSPS) is 11.0. The van der Waals surface area contributed by atoms with E-state index in [1.165, 1.54) is 0 Å². The van der Waals surface area contributed by atoms with Gasteiger partial charge in [0.15, 0.2) is 0 Å². The standard InChI is InChI=1S/C12H9N3O/c13-12(16)9-6-10-8(2-1-4-14-10)11-7(9)3-5-15-11/h1-6,14H,(H2,13,16). The summed E-state index contributed by atoms with van der Waals surface area (Å²) in [4.78, 5) is 18.7. The van der Waals surface area contributed by atoms with E-state index < -0.39 is 5.91 Å². The van der Waals surface area contributed by atoms with Crippen LogP contribution in [0.3, 0.4) is 0 Å². The number of nitrogens with two attached hydrogens (primary N) is 1. The van der Waals surface area contributed by atoms with Crippen molar-refractivity contribution in [2.24, 2.45) is 5.73 Å². The van der Waals surface area contributed by atoms with Crippen LogP contribution in [-0.2, 0) is 0 Å². The number of hydrogen-bond donors (Lipinski definition) is 2. The molecule has 3 N–H and O–H groups in total. The van der Waals surface area contributed by atoms with Gasteiger partial charge < -0.3 is 10.7 Å². The molecule has 1 aromatic carbocycles. The summed E-state index contributed by atoms with van der Waals surface area (Å²) in [5.74, 6) is -0.433. The minimum absolute atomic E-state index is 0.433. The second-order valence-electron chi connectivity index (χ2n) is 3.63. The molecule has 2 heterocycles. The van der Waals surface area contributed by atoms with Crippen molar-refractivity contribution < 1.29 is 4.79 Å². The Morgan fingerprint density at radius 1 is 1.31 bits per heavy atom. The molecule has 0 atom stereocenters. The van der Waals surface area contributed by atoms with Crippen LogP contribution in [0.2, 0.25) is 0 Å². The van der Waals surface area contributed by atoms with Gasteiger partial charge in [-0.15, -0.1) is 0 Å². The van der Waals surface area contributed by atoms with Crippen LogP contribution in [0, 0.1) is 0 Å². The highest BCUT2D eigenvalue weighted by molar-refractivity contribution is 6.14. The molecule has 0 saturated heterocycles. The molecule has 2 aromatic heterocycles. The number of hydrogen-bond acceptors (Lipinski definition) is 2. The number of primary amides is 1. The van der Waals surface area contributed by atoms with Crippen LogP contribution < -0.4 is 5.73 Å². The van der Waals surface area contributed by atoms with Gasteiger partial charge >= 0.3 is 0 Å². The molecule has 4 heteroatoms. The zero-order valence-electron chi connectivity index (χ0n) is 8.40. The van der Waals surface area contributed by atoms with E-state index in [1.807, 2.05) is 24.4 Å². The Bertz CT molecular complexity index is 700. The highest BCUT2D eigenvalue weighted by Crippen LogP contribution is 2.26. The van der Waals surface area contributed by atoms with Gasteiger partial charge in [-0.3, -0.25) is 9.78 Å². The van der Waals surface area contributed by atoms with Crippen molar-refractivity contribution in [2.75, 3.05) is 0 Å². The molecule has 0 spiro atoms. The lowest BCUT2D eigenvalue weighted by atomic mass is 10.1. The number of carbonyl (C=O) groups is 1. The molecule has 78 valence electrons. The monoisotopic (exact) mass is 211 g/mol. The molecule has 16 heavy (non-hydrogen) atoms. The summed E-state index contributed by atoms with van der Waals surface area (Å²) in [5, 5.41) is 1.80. The second kappa shape index (κ2) is 3.06. The van der Waals surface area contributed by atoms with Crippen LogP contribution in [0.4, 0.5) is 0 Å². The van der Waals surface area contributed by atoms with Gasteiger partial charge in [0.2, 0.25) is 5.91 Å². The third kappa shape index (κ3) is 1.10. The van der Waals surface area contributed by atoms with Crippen LogP contribution in [0.15, 0.2) is 36.7 Å². The molecule has 1 amide bonds. The quantitative estimate of drug-likeness (QED) is 0.644. The molecule has 3 aromatic rings. The molecule has 0 aliphatic carbocycles. The molecule has 3 rings (SSSR count). The SMILES string of the molecule is NC(=O)c1cc2[nH]cccc2c2nccc12. The molecule has 0 saturated carbocycles. The van der Waals surface area contributed by atoms with Gasteiger partial charge in [-0.2, -0.15) is 0 Å². The number of nitrogens with zero attached hydrogens (tertiary/aromatic N) is 1. The van der Waals surface area contributed by atoms with Gasteiger partial charge in [-0.1, -0.05) is 0 Å². The summed E-state index contributed by atoms with van der Waals surface area (Å²) in [6, 6.07) is 7.44. The first-order valence-corrected chi connectivity index (χ1v) is 4.92. The molecular formula is C12H9N3O. The first-order chi connectivity index (χ1) is 7.77. The number of aromatic amines is 1. The molecular weight excluding hydrogens is 202 g/mol. The maximum atomic E-state index is 11.3. The largest absolute Gasteiger partial charge is 0.366 e. The Kier molecular flexibility index (Phi) is 1.71. The van der Waals surface area contributed by atoms with Gasteiger partial charge in [0.1, 0.15) is 0 Å². The average molecular weight is 211 g/mol. The van der Waals surface area contributed by atoms with Crippen molar-refractivity contribution in [1.29, 1.82) is 0 Å². The summed E-state index contributed by atoms with van der Waals surface area (Å²) in [6.07, 6.45) is 3.49. The van der Waals surface area contributed by atoms with Gasteiger partial charge in [0, 0.05) is 28.7 Å². The van der Waals surface area contributed by atoms with Crippen LogP contribution in [0.25, 0.3) is 21.8 Å². The third-order valence-corrected chi connectivity index (χ3v) is 2.69. The lowest BCUT2D eigenvalue weighted by molar-refractivity contribution is 0.100. The van der Waals surface area contributed by atoms with Gasteiger partial charge in [0.25, 0.3) is 0 Å². The second-order valence-corrected chi connectivity index (χ2v) is 3.63. The molecule has 0 bridgehead atoms. The first-order valence-electron chi connectivity index (χ1n) is 4.92. The van der Waals surface area contributed by atoms with Gasteiger partial charge in [-0.05, 0) is 24.3 Å². The Labute approximate surface area is 91.1 Å². The number of aromatic nitrogens is 2. The van der Waals surface area contributed by atoms with E-state index in [1.54, 1.807) is 12.3 Å². The fraction of sp³-hybridized carbons (Fsp3) is 0. The van der Waals surface area contributed by atoms with Crippen molar-refractivity contribution in [3.63, 3.8) is 0 Å². The van der Waals surface area contributed by atoms with Crippen molar-refractivity contribution in [3.05, 3.63) is 42.2 Å². The summed E-state index contributed by atoms with van der Waals surface area (Å²) in [5.41, 5.74) is 7.52. The van der Waals surface area contributed by atoms with Crippen molar-refractivity contribution in [3.8, 4) is 0 Å². The zero-order chi connectivity index (χ0) is 11.1. The Morgan fingerprint density at radius 2 is 2.19 bits per heavy atom. The Balaban J connectivity index is 2.58. The van der Waals surface area contributed by atoms with E-state index in [-0.39, 0.29) is 0 Å². The van der Waals surface area contributed by atoms with Crippen LogP contribution in [-0.4, -0.2) is 15.9 Å². The minimum atomic E-state index is -0.433. The number of nitrogens with one attached hydrogen (secondary N) is 1. The Hall–Kier alpha value is -2.36. The number of H-pyrrole nitrogens is 1. The van der Waals surface area contributed by atoms with E-state index in [2.05, 4.69) is 9.97 Å². The van der Waals surface area contributed by atoms with Crippen LogP contribution in [0.1, 0.15) is 10.4 Å². The van der Waals surface area contributed by atoms with E-state index in [9.17, 15) is 4.79 Å². The highest BCUT2D eigenvalue weighted by Gasteiger charge is 2.11. The minimum Gasteiger partial charge on any atom is -0.366 e. The van der Waals surface area contributed by atoms with Crippen LogP contribution in [0.5, 0.6) is 0 Å². The van der Waals surface area contributed by atoms with Crippen molar-refractivity contribution in [1.82, 2.24) is 9.97 Å². The molecule has 0 unspecified atom stereocenters. The van der Waals surface area contributed by atoms with Gasteiger partial charge in [0.05, 0.1) is 11.1 Å². The first kappa shape index (κ1) is 8.91. The maximum absolute atomic E-state index is 11.3. The van der Waals surface area contributed by atoms with Crippen LogP contribution >= 0.6 is 0 Å². The maximum Gasteiger partial charge on any atom is 0.249 e. The number of benzene rings is 1. The highest BCUT2D eigenvalue weighted by atomic mass is 16.1. The molecule has 0 fully saturated rings. The number of fused-ring (bicyclic) bond motifs is 3. The topological polar surface area (TPSA) is 71.8 Å². The van der Waals surface area contributed by atoms with E-state index in [4.69, 9.17) is 5.73 Å². The number of pyridine rings is 1. The predicted molar refractivity (Wildman–Crippen MR) is 62.1 cm³/mol. The number of amides is 1. The summed E-state index contributed by atoms with van der Waals surface area (Å²) < 4.78 is 0. The number of rotatable bonds is 1. The molecule has 0 aliphatic rings. The zero-order valence-corrected chi connectivity index (χ0v) is 8.40. The van der Waals surface area contributed by atoms with Crippen molar-refractivity contribution in [2.45, 2.75) is 0 Å². The molecule has 0 radical (unpaired) electrons. The van der Waals surface area contributed by atoms with Crippen molar-refractivity contribution >= 4 is 27.7 Å². The fourth-order valence-electron chi connectivity index (χ4n) is 1.97. The van der Waals surface area contributed by atoms with E-state index >= 15 is 0 Å². The summed E-state index contributed by atoms with van der Waals surface area (Å²) in [7, 11) is 0. The smallest absolute Gasteiger partial charge is 0.249 e. The predicted octanol–water partition coefficient (Wildman–Crippen LogP) is 1.81. The summed E-state index contributed by atoms with van der Waals surface area (Å²) >= 11 is 0. The number of carbonyl (C=O) groups excluding carboxylic acids is 1. The van der Waals surface area contributed by atoms with E-state index in [0.717, 1.165) is 21.8 Å².